The lowest BCUT2D eigenvalue weighted by Crippen LogP contribution is -2.31. The largest absolute Gasteiger partial charge is 0.459 e. The number of ketones is 2. The van der Waals surface area contributed by atoms with Crippen LogP contribution >= 0.6 is 0 Å². The topological polar surface area (TPSA) is 60.4 Å². The highest BCUT2D eigenvalue weighted by Crippen LogP contribution is 2.16. The molecule has 0 saturated heterocycles. The van der Waals surface area contributed by atoms with Gasteiger partial charge in [-0.25, -0.2) is 4.79 Å². The molecule has 0 spiro atoms. The standard InChI is InChI=1S/C10H12O4/c1-6(2)10(13)14-7-3-4-8(11)9(12)5-7/h7H,1,3-5H2,2H3. The lowest BCUT2D eigenvalue weighted by Gasteiger charge is -2.20. The van der Waals surface area contributed by atoms with Crippen LogP contribution in [0.25, 0.3) is 0 Å². The molecule has 0 bridgehead atoms. The van der Waals surface area contributed by atoms with Crippen molar-refractivity contribution in [3.05, 3.63) is 12.2 Å². The fourth-order valence-electron chi connectivity index (χ4n) is 1.21. The van der Waals surface area contributed by atoms with Gasteiger partial charge < -0.3 is 4.74 Å². The van der Waals surface area contributed by atoms with Crippen LogP contribution in [0.3, 0.4) is 0 Å². The average molecular weight is 196 g/mol. The summed E-state index contributed by atoms with van der Waals surface area (Å²) >= 11 is 0. The number of hydrogen-bond donors (Lipinski definition) is 0. The van der Waals surface area contributed by atoms with Crippen molar-refractivity contribution < 1.29 is 19.1 Å². The molecule has 1 saturated carbocycles. The summed E-state index contributed by atoms with van der Waals surface area (Å²) in [7, 11) is 0. The molecule has 1 aliphatic carbocycles. The highest BCUT2D eigenvalue weighted by atomic mass is 16.5. The monoisotopic (exact) mass is 196 g/mol. The van der Waals surface area contributed by atoms with Crippen LogP contribution < -0.4 is 0 Å². The lowest BCUT2D eigenvalue weighted by atomic mass is 9.95. The molecule has 0 aromatic rings. The molecule has 1 rings (SSSR count). The van der Waals surface area contributed by atoms with E-state index in [0.717, 1.165) is 0 Å². The molecule has 0 amide bonds. The third-order valence-corrected chi connectivity index (χ3v) is 2.04. The van der Waals surface area contributed by atoms with Crippen LogP contribution in [0.5, 0.6) is 0 Å². The molecule has 0 aliphatic heterocycles. The van der Waals surface area contributed by atoms with Gasteiger partial charge in [0, 0.05) is 12.0 Å². The SMILES string of the molecule is C=C(C)C(=O)OC1CCC(=O)C(=O)C1. The van der Waals surface area contributed by atoms with E-state index in [1.54, 1.807) is 0 Å². The third-order valence-electron chi connectivity index (χ3n) is 2.04. The lowest BCUT2D eigenvalue weighted by molar-refractivity contribution is -0.151. The summed E-state index contributed by atoms with van der Waals surface area (Å²) in [6, 6.07) is 0. The van der Waals surface area contributed by atoms with E-state index in [1.165, 1.54) is 6.92 Å². The van der Waals surface area contributed by atoms with Gasteiger partial charge in [0.15, 0.2) is 5.78 Å². The fourth-order valence-corrected chi connectivity index (χ4v) is 1.21. The summed E-state index contributed by atoms with van der Waals surface area (Å²) in [5, 5.41) is 0. The molecule has 14 heavy (non-hydrogen) atoms. The quantitative estimate of drug-likeness (QED) is 0.372. The Morgan fingerprint density at radius 2 is 2.07 bits per heavy atom. The van der Waals surface area contributed by atoms with Gasteiger partial charge in [0.05, 0.1) is 6.42 Å². The van der Waals surface area contributed by atoms with Crippen molar-refractivity contribution in [1.82, 2.24) is 0 Å². The Kier molecular flexibility index (Phi) is 3.17. The Morgan fingerprint density at radius 3 is 2.57 bits per heavy atom. The van der Waals surface area contributed by atoms with Gasteiger partial charge in [0.2, 0.25) is 5.78 Å². The predicted molar refractivity (Wildman–Crippen MR) is 48.6 cm³/mol. The number of carbonyl (C=O) groups excluding carboxylic acids is 3. The smallest absolute Gasteiger partial charge is 0.333 e. The zero-order chi connectivity index (χ0) is 10.7. The molecule has 0 aromatic carbocycles. The van der Waals surface area contributed by atoms with Gasteiger partial charge >= 0.3 is 5.97 Å². The van der Waals surface area contributed by atoms with Crippen LogP contribution in [-0.4, -0.2) is 23.6 Å². The molecule has 0 heterocycles. The number of Topliss-reactive ketones (excluding diaryl/α,β-unsaturated/α-hetero) is 2. The van der Waals surface area contributed by atoms with Crippen molar-refractivity contribution in [3.63, 3.8) is 0 Å². The number of hydrogen-bond acceptors (Lipinski definition) is 4. The molecule has 0 aromatic heterocycles. The summed E-state index contributed by atoms with van der Waals surface area (Å²) in [5.74, 6) is -1.32. The van der Waals surface area contributed by atoms with Crippen LogP contribution in [0, 0.1) is 0 Å². The van der Waals surface area contributed by atoms with Gasteiger partial charge in [-0.05, 0) is 13.3 Å². The van der Waals surface area contributed by atoms with Crippen LogP contribution in [-0.2, 0) is 19.1 Å². The minimum atomic E-state index is -0.503. The minimum absolute atomic E-state index is 0.0118. The fraction of sp³-hybridized carbons (Fsp3) is 0.500. The molecule has 4 heteroatoms. The summed E-state index contributed by atoms with van der Waals surface area (Å²) in [6.45, 7) is 4.97. The van der Waals surface area contributed by atoms with E-state index in [9.17, 15) is 14.4 Å². The average Bonchev–Trinajstić information content (AvgIpc) is 2.11. The van der Waals surface area contributed by atoms with Crippen molar-refractivity contribution in [1.29, 1.82) is 0 Å². The van der Waals surface area contributed by atoms with E-state index < -0.39 is 17.9 Å². The summed E-state index contributed by atoms with van der Waals surface area (Å²) < 4.78 is 4.96. The van der Waals surface area contributed by atoms with E-state index in [2.05, 4.69) is 6.58 Å². The summed E-state index contributed by atoms with van der Waals surface area (Å²) in [5.41, 5.74) is 0.300. The third kappa shape index (κ3) is 2.52. The maximum atomic E-state index is 11.1. The van der Waals surface area contributed by atoms with Gasteiger partial charge in [-0.2, -0.15) is 0 Å². The predicted octanol–water partition coefficient (Wildman–Crippen LogP) is 0.796. The first-order valence-electron chi connectivity index (χ1n) is 4.43. The van der Waals surface area contributed by atoms with Crippen LogP contribution in [0.15, 0.2) is 12.2 Å². The summed E-state index contributed by atoms with van der Waals surface area (Å²) in [4.78, 5) is 32.9. The zero-order valence-electron chi connectivity index (χ0n) is 8.04. The van der Waals surface area contributed by atoms with Crippen molar-refractivity contribution >= 4 is 17.5 Å². The van der Waals surface area contributed by atoms with Crippen LogP contribution in [0.1, 0.15) is 26.2 Å². The molecule has 1 aliphatic rings. The highest BCUT2D eigenvalue weighted by molar-refractivity contribution is 6.37. The first-order valence-corrected chi connectivity index (χ1v) is 4.43. The molecule has 1 fully saturated rings. The van der Waals surface area contributed by atoms with Gasteiger partial charge in [0.1, 0.15) is 6.10 Å². The molecule has 4 nitrogen and oxygen atoms in total. The molecule has 1 unspecified atom stereocenters. The van der Waals surface area contributed by atoms with Crippen molar-refractivity contribution in [3.8, 4) is 0 Å². The van der Waals surface area contributed by atoms with E-state index in [4.69, 9.17) is 4.74 Å². The van der Waals surface area contributed by atoms with Crippen molar-refractivity contribution in [2.45, 2.75) is 32.3 Å². The second-order valence-electron chi connectivity index (χ2n) is 3.40. The van der Waals surface area contributed by atoms with Crippen molar-refractivity contribution in [2.24, 2.45) is 0 Å². The van der Waals surface area contributed by atoms with E-state index >= 15 is 0 Å². The molecule has 76 valence electrons. The number of ether oxygens (including phenoxy) is 1. The molecule has 0 radical (unpaired) electrons. The Morgan fingerprint density at radius 1 is 1.43 bits per heavy atom. The van der Waals surface area contributed by atoms with Gasteiger partial charge in [-0.15, -0.1) is 0 Å². The number of carbonyl (C=O) groups is 3. The Labute approximate surface area is 81.9 Å². The first kappa shape index (κ1) is 10.6. The van der Waals surface area contributed by atoms with E-state index in [0.29, 0.717) is 12.0 Å². The minimum Gasteiger partial charge on any atom is -0.459 e. The molecule has 0 N–H and O–H groups in total. The molecular formula is C10H12O4. The zero-order valence-corrected chi connectivity index (χ0v) is 8.04. The number of esters is 1. The van der Waals surface area contributed by atoms with Gasteiger partial charge in [-0.1, -0.05) is 6.58 Å². The second-order valence-corrected chi connectivity index (χ2v) is 3.40. The van der Waals surface area contributed by atoms with Crippen LogP contribution in [0.4, 0.5) is 0 Å². The highest BCUT2D eigenvalue weighted by Gasteiger charge is 2.28. The Balaban J connectivity index is 2.48. The van der Waals surface area contributed by atoms with Gasteiger partial charge in [-0.3, -0.25) is 9.59 Å². The van der Waals surface area contributed by atoms with Crippen molar-refractivity contribution in [2.75, 3.05) is 0 Å². The number of rotatable bonds is 2. The van der Waals surface area contributed by atoms with E-state index in [-0.39, 0.29) is 18.6 Å². The Bertz CT molecular complexity index is 303. The van der Waals surface area contributed by atoms with Gasteiger partial charge in [0.25, 0.3) is 0 Å². The maximum Gasteiger partial charge on any atom is 0.333 e. The maximum absolute atomic E-state index is 11.1. The first-order chi connectivity index (χ1) is 6.50. The summed E-state index contributed by atoms with van der Waals surface area (Å²) in [6.07, 6.45) is 0.165. The molecular weight excluding hydrogens is 184 g/mol. The molecule has 1 atom stereocenters. The van der Waals surface area contributed by atoms with E-state index in [1.807, 2.05) is 0 Å². The van der Waals surface area contributed by atoms with Crippen LogP contribution in [0.2, 0.25) is 0 Å². The Hall–Kier alpha value is -1.45. The second kappa shape index (κ2) is 4.17. The normalized spacial score (nSPS) is 21.9.